The van der Waals surface area contributed by atoms with Crippen LogP contribution in [0.2, 0.25) is 0 Å². The van der Waals surface area contributed by atoms with E-state index < -0.39 is 5.60 Å². The van der Waals surface area contributed by atoms with Crippen LogP contribution in [0, 0.1) is 0 Å². The lowest BCUT2D eigenvalue weighted by atomic mass is 9.96. The fourth-order valence-electron chi connectivity index (χ4n) is 5.29. The highest BCUT2D eigenvalue weighted by atomic mass is 16.5. The number of hydrogen-bond donors (Lipinski definition) is 0. The minimum atomic E-state index is -0.839. The SMILES string of the molecule is CC(C)N1CCN(CC(=O)N2CCOC(COc3ccccc3)(CC(=O)N3CCCCC3)C2)CC1. The van der Waals surface area contributed by atoms with Crippen molar-refractivity contribution >= 4 is 11.8 Å². The van der Waals surface area contributed by atoms with E-state index in [4.69, 9.17) is 9.47 Å². The number of carbonyl (C=O) groups is 2. The van der Waals surface area contributed by atoms with E-state index in [-0.39, 0.29) is 24.8 Å². The lowest BCUT2D eigenvalue weighted by Crippen LogP contribution is -2.60. The van der Waals surface area contributed by atoms with Crippen LogP contribution in [-0.2, 0) is 14.3 Å². The number of piperazine rings is 1. The standard InChI is InChI=1S/C27H42N4O4/c1-23(2)29-15-13-28(14-16-29)20-26(33)31-17-18-35-27(21-31,22-34-24-9-5-3-6-10-24)19-25(32)30-11-7-4-8-12-30/h3,5-6,9-10,23H,4,7-8,11-22H2,1-2H3. The topological polar surface area (TPSA) is 65.6 Å². The Morgan fingerprint density at radius 1 is 0.914 bits per heavy atom. The van der Waals surface area contributed by atoms with E-state index in [2.05, 4.69) is 23.6 Å². The number of piperidine rings is 1. The molecule has 0 aliphatic carbocycles. The molecule has 0 radical (unpaired) electrons. The van der Waals surface area contributed by atoms with Gasteiger partial charge in [0.25, 0.3) is 0 Å². The van der Waals surface area contributed by atoms with Crippen molar-refractivity contribution in [1.29, 1.82) is 0 Å². The Morgan fingerprint density at radius 2 is 1.63 bits per heavy atom. The van der Waals surface area contributed by atoms with Crippen molar-refractivity contribution in [2.24, 2.45) is 0 Å². The van der Waals surface area contributed by atoms with Crippen molar-refractivity contribution in [3.63, 3.8) is 0 Å². The van der Waals surface area contributed by atoms with Crippen molar-refractivity contribution in [1.82, 2.24) is 19.6 Å². The summed E-state index contributed by atoms with van der Waals surface area (Å²) in [5, 5.41) is 0. The second kappa shape index (κ2) is 12.2. The molecule has 8 nitrogen and oxygen atoms in total. The lowest BCUT2D eigenvalue weighted by Gasteiger charge is -2.44. The molecule has 3 fully saturated rings. The summed E-state index contributed by atoms with van der Waals surface area (Å²) in [6.07, 6.45) is 3.51. The van der Waals surface area contributed by atoms with Gasteiger partial charge in [0, 0.05) is 51.9 Å². The third-order valence-corrected chi connectivity index (χ3v) is 7.52. The van der Waals surface area contributed by atoms with Crippen LogP contribution in [0.5, 0.6) is 5.75 Å². The van der Waals surface area contributed by atoms with Gasteiger partial charge in [-0.25, -0.2) is 0 Å². The van der Waals surface area contributed by atoms with Crippen LogP contribution < -0.4 is 4.74 Å². The van der Waals surface area contributed by atoms with Gasteiger partial charge in [-0.1, -0.05) is 18.2 Å². The van der Waals surface area contributed by atoms with E-state index in [1.165, 1.54) is 6.42 Å². The minimum Gasteiger partial charge on any atom is -0.490 e. The molecule has 35 heavy (non-hydrogen) atoms. The Hall–Kier alpha value is -2.16. The molecule has 0 spiro atoms. The molecule has 8 heteroatoms. The number of ether oxygens (including phenoxy) is 2. The Labute approximate surface area is 210 Å². The van der Waals surface area contributed by atoms with E-state index in [1.54, 1.807) is 0 Å². The fourth-order valence-corrected chi connectivity index (χ4v) is 5.29. The Balaban J connectivity index is 1.40. The zero-order valence-electron chi connectivity index (χ0n) is 21.5. The van der Waals surface area contributed by atoms with Gasteiger partial charge >= 0.3 is 0 Å². The Kier molecular flexibility index (Phi) is 9.03. The van der Waals surface area contributed by atoms with Crippen LogP contribution in [0.15, 0.2) is 30.3 Å². The predicted molar refractivity (Wildman–Crippen MR) is 135 cm³/mol. The number of morpholine rings is 1. The van der Waals surface area contributed by atoms with E-state index in [1.807, 2.05) is 40.1 Å². The summed E-state index contributed by atoms with van der Waals surface area (Å²) >= 11 is 0. The van der Waals surface area contributed by atoms with Gasteiger partial charge in [0.15, 0.2) is 0 Å². The van der Waals surface area contributed by atoms with Gasteiger partial charge in [-0.15, -0.1) is 0 Å². The molecule has 0 bridgehead atoms. The van der Waals surface area contributed by atoms with Crippen molar-refractivity contribution in [3.8, 4) is 5.75 Å². The van der Waals surface area contributed by atoms with Crippen LogP contribution >= 0.6 is 0 Å². The van der Waals surface area contributed by atoms with Crippen LogP contribution in [0.1, 0.15) is 39.5 Å². The molecule has 0 N–H and O–H groups in total. The molecule has 0 saturated carbocycles. The van der Waals surface area contributed by atoms with E-state index >= 15 is 0 Å². The largest absolute Gasteiger partial charge is 0.490 e. The predicted octanol–water partition coefficient (Wildman–Crippen LogP) is 2.09. The second-order valence-electron chi connectivity index (χ2n) is 10.5. The van der Waals surface area contributed by atoms with Crippen LogP contribution in [-0.4, -0.2) is 115 Å². The molecule has 3 saturated heterocycles. The molecule has 1 aromatic carbocycles. The number of para-hydroxylation sites is 1. The van der Waals surface area contributed by atoms with Gasteiger partial charge in [-0.05, 0) is 45.2 Å². The maximum absolute atomic E-state index is 13.3. The molecule has 0 aromatic heterocycles. The number of likely N-dealkylation sites (tertiary alicyclic amines) is 1. The molecular formula is C27H42N4O4. The highest BCUT2D eigenvalue weighted by Crippen LogP contribution is 2.26. The summed E-state index contributed by atoms with van der Waals surface area (Å²) in [4.78, 5) is 35.1. The first-order valence-corrected chi connectivity index (χ1v) is 13.3. The summed E-state index contributed by atoms with van der Waals surface area (Å²) < 4.78 is 12.4. The second-order valence-corrected chi connectivity index (χ2v) is 10.5. The zero-order valence-corrected chi connectivity index (χ0v) is 21.5. The molecular weight excluding hydrogens is 444 g/mol. The van der Waals surface area contributed by atoms with Crippen LogP contribution in [0.4, 0.5) is 0 Å². The van der Waals surface area contributed by atoms with Gasteiger partial charge in [0.2, 0.25) is 11.8 Å². The minimum absolute atomic E-state index is 0.0977. The van der Waals surface area contributed by atoms with Gasteiger partial charge in [-0.2, -0.15) is 0 Å². The Bertz CT molecular complexity index is 822. The quantitative estimate of drug-likeness (QED) is 0.561. The molecule has 3 aliphatic rings. The highest BCUT2D eigenvalue weighted by Gasteiger charge is 2.42. The van der Waals surface area contributed by atoms with Crippen LogP contribution in [0.3, 0.4) is 0 Å². The summed E-state index contributed by atoms with van der Waals surface area (Å²) in [7, 11) is 0. The third-order valence-electron chi connectivity index (χ3n) is 7.52. The molecule has 1 atom stereocenters. The normalized spacial score (nSPS) is 24.5. The van der Waals surface area contributed by atoms with Crippen LogP contribution in [0.25, 0.3) is 0 Å². The number of nitrogens with zero attached hydrogens (tertiary/aromatic N) is 4. The van der Waals surface area contributed by atoms with Crippen molar-refractivity contribution in [3.05, 3.63) is 30.3 Å². The number of benzene rings is 1. The van der Waals surface area contributed by atoms with Crippen molar-refractivity contribution in [2.45, 2.75) is 51.2 Å². The van der Waals surface area contributed by atoms with E-state index in [0.29, 0.717) is 32.3 Å². The van der Waals surface area contributed by atoms with Gasteiger partial charge in [0.05, 0.1) is 26.1 Å². The maximum Gasteiger partial charge on any atom is 0.236 e. The average molecular weight is 487 g/mol. The summed E-state index contributed by atoms with van der Waals surface area (Å²) in [6, 6.07) is 10.1. The van der Waals surface area contributed by atoms with Gasteiger partial charge < -0.3 is 19.3 Å². The monoisotopic (exact) mass is 486 g/mol. The number of rotatable bonds is 8. The fraction of sp³-hybridized carbons (Fsp3) is 0.704. The molecule has 194 valence electrons. The van der Waals surface area contributed by atoms with Crippen molar-refractivity contribution in [2.75, 3.05) is 72.1 Å². The molecule has 3 aliphatic heterocycles. The lowest BCUT2D eigenvalue weighted by molar-refractivity contribution is -0.167. The smallest absolute Gasteiger partial charge is 0.236 e. The first-order chi connectivity index (χ1) is 16.9. The highest BCUT2D eigenvalue weighted by molar-refractivity contribution is 5.80. The first-order valence-electron chi connectivity index (χ1n) is 13.3. The van der Waals surface area contributed by atoms with E-state index in [9.17, 15) is 9.59 Å². The van der Waals surface area contributed by atoms with Gasteiger partial charge in [0.1, 0.15) is 18.0 Å². The Morgan fingerprint density at radius 3 is 2.31 bits per heavy atom. The molecule has 1 aromatic rings. The van der Waals surface area contributed by atoms with Gasteiger partial charge in [-0.3, -0.25) is 19.4 Å². The first kappa shape index (κ1) is 25.9. The third kappa shape index (κ3) is 7.18. The average Bonchev–Trinajstić information content (AvgIpc) is 2.89. The molecule has 4 rings (SSSR count). The number of amides is 2. The maximum atomic E-state index is 13.3. The summed E-state index contributed by atoms with van der Waals surface area (Å²) in [5.41, 5.74) is -0.839. The number of carbonyl (C=O) groups excluding carboxylic acids is 2. The van der Waals surface area contributed by atoms with E-state index in [0.717, 1.165) is 57.9 Å². The summed E-state index contributed by atoms with van der Waals surface area (Å²) in [6.45, 7) is 11.9. The van der Waals surface area contributed by atoms with Crippen molar-refractivity contribution < 1.29 is 19.1 Å². The molecule has 1 unspecified atom stereocenters. The zero-order chi connectivity index (χ0) is 24.7. The number of hydrogen-bond acceptors (Lipinski definition) is 6. The molecule has 3 heterocycles. The summed E-state index contributed by atoms with van der Waals surface area (Å²) in [5.74, 6) is 0.952. The molecule has 2 amide bonds.